The number of unbranched alkanes of at least 4 members (excludes halogenated alkanes) is 1. The number of hydrogen-bond acceptors (Lipinski definition) is 4. The number of fused-ring (bicyclic) bond motifs is 1. The summed E-state index contributed by atoms with van der Waals surface area (Å²) in [6, 6.07) is 5.18. The maximum atomic E-state index is 12.3. The number of ether oxygens (including phenoxy) is 2. The minimum Gasteiger partial charge on any atom is -0.486 e. The van der Waals surface area contributed by atoms with Crippen molar-refractivity contribution in [3.05, 3.63) is 23.8 Å². The van der Waals surface area contributed by atoms with Crippen molar-refractivity contribution in [2.75, 3.05) is 19.8 Å². The van der Waals surface area contributed by atoms with Crippen LogP contribution >= 0.6 is 0 Å². The molecule has 0 bridgehead atoms. The van der Waals surface area contributed by atoms with E-state index in [2.05, 4.69) is 19.2 Å². The van der Waals surface area contributed by atoms with Gasteiger partial charge in [0.25, 0.3) is 0 Å². The molecule has 1 heterocycles. The van der Waals surface area contributed by atoms with E-state index in [-0.39, 0.29) is 24.5 Å². The van der Waals surface area contributed by atoms with Crippen molar-refractivity contribution in [3.63, 3.8) is 0 Å². The Morgan fingerprint density at radius 2 is 1.88 bits per heavy atom. The highest BCUT2D eigenvalue weighted by molar-refractivity contribution is 5.98. The molecule has 0 spiro atoms. The van der Waals surface area contributed by atoms with E-state index in [4.69, 9.17) is 9.47 Å². The van der Waals surface area contributed by atoms with Crippen LogP contribution in [0.3, 0.4) is 0 Å². The first kappa shape index (κ1) is 19.3. The van der Waals surface area contributed by atoms with Gasteiger partial charge < -0.3 is 14.8 Å². The largest absolute Gasteiger partial charge is 0.486 e. The lowest BCUT2D eigenvalue weighted by molar-refractivity contribution is -0.121. The topological polar surface area (TPSA) is 64.6 Å². The van der Waals surface area contributed by atoms with Crippen molar-refractivity contribution in [2.45, 2.75) is 52.4 Å². The standard InChI is InChI=1S/C20H29NO4/c1-3-5-6-15(4-2)14-21-20(23)10-8-17(22)16-7-9-18-19(13-16)25-12-11-24-18/h7,9,13,15H,3-6,8,10-12,14H2,1-2H3,(H,21,23). The van der Waals surface area contributed by atoms with E-state index < -0.39 is 0 Å². The Hall–Kier alpha value is -2.04. The highest BCUT2D eigenvalue weighted by Crippen LogP contribution is 2.31. The number of carbonyl (C=O) groups is 2. The first-order chi connectivity index (χ1) is 12.1. The molecule has 0 radical (unpaired) electrons. The van der Waals surface area contributed by atoms with Gasteiger partial charge in [-0.3, -0.25) is 9.59 Å². The highest BCUT2D eigenvalue weighted by Gasteiger charge is 2.16. The van der Waals surface area contributed by atoms with E-state index in [1.54, 1.807) is 18.2 Å². The number of carbonyl (C=O) groups excluding carboxylic acids is 2. The molecule has 5 heteroatoms. The average Bonchev–Trinajstić information content (AvgIpc) is 2.65. The number of amides is 1. The van der Waals surface area contributed by atoms with Gasteiger partial charge in [0.15, 0.2) is 17.3 Å². The molecule has 0 aliphatic carbocycles. The van der Waals surface area contributed by atoms with Gasteiger partial charge in [0.1, 0.15) is 13.2 Å². The summed E-state index contributed by atoms with van der Waals surface area (Å²) in [5.41, 5.74) is 0.562. The van der Waals surface area contributed by atoms with Crippen molar-refractivity contribution >= 4 is 11.7 Å². The number of ketones is 1. The lowest BCUT2D eigenvalue weighted by Crippen LogP contribution is -2.29. The van der Waals surface area contributed by atoms with Crippen molar-refractivity contribution in [2.24, 2.45) is 5.92 Å². The summed E-state index contributed by atoms with van der Waals surface area (Å²) in [6.07, 6.45) is 5.00. The Kier molecular flexibility index (Phi) is 7.76. The Labute approximate surface area is 150 Å². The molecule has 2 rings (SSSR count). The third kappa shape index (κ3) is 6.07. The van der Waals surface area contributed by atoms with Gasteiger partial charge in [-0.15, -0.1) is 0 Å². The maximum Gasteiger partial charge on any atom is 0.220 e. The molecule has 0 fully saturated rings. The van der Waals surface area contributed by atoms with Gasteiger partial charge >= 0.3 is 0 Å². The first-order valence-electron chi connectivity index (χ1n) is 9.33. The van der Waals surface area contributed by atoms with Crippen molar-refractivity contribution in [3.8, 4) is 11.5 Å². The van der Waals surface area contributed by atoms with Crippen LogP contribution in [0.15, 0.2) is 18.2 Å². The summed E-state index contributed by atoms with van der Waals surface area (Å²) >= 11 is 0. The van der Waals surface area contributed by atoms with E-state index in [0.29, 0.717) is 42.7 Å². The molecule has 138 valence electrons. The van der Waals surface area contributed by atoms with Gasteiger partial charge in [-0.05, 0) is 30.5 Å². The highest BCUT2D eigenvalue weighted by atomic mass is 16.6. The second kappa shape index (κ2) is 10.1. The van der Waals surface area contributed by atoms with Crippen LogP contribution in [0.25, 0.3) is 0 Å². The second-order valence-electron chi connectivity index (χ2n) is 6.50. The molecule has 0 aromatic heterocycles. The Morgan fingerprint density at radius 3 is 2.60 bits per heavy atom. The summed E-state index contributed by atoms with van der Waals surface area (Å²) in [4.78, 5) is 24.3. The van der Waals surface area contributed by atoms with Crippen molar-refractivity contribution in [1.29, 1.82) is 0 Å². The van der Waals surface area contributed by atoms with E-state index in [9.17, 15) is 9.59 Å². The van der Waals surface area contributed by atoms with Gasteiger partial charge in [-0.1, -0.05) is 33.1 Å². The number of Topliss-reactive ketones (excluding diaryl/α,β-unsaturated/α-hetero) is 1. The summed E-state index contributed by atoms with van der Waals surface area (Å²) in [5.74, 6) is 1.69. The molecule has 1 aliphatic rings. The van der Waals surface area contributed by atoms with Crippen LogP contribution in [0.4, 0.5) is 0 Å². The lowest BCUT2D eigenvalue weighted by Gasteiger charge is -2.18. The van der Waals surface area contributed by atoms with Crippen LogP contribution in [0.5, 0.6) is 11.5 Å². The quantitative estimate of drug-likeness (QED) is 0.655. The smallest absolute Gasteiger partial charge is 0.220 e. The molecule has 5 nitrogen and oxygen atoms in total. The van der Waals surface area contributed by atoms with Crippen LogP contribution in [-0.2, 0) is 4.79 Å². The minimum atomic E-state index is -0.0548. The third-order valence-electron chi connectivity index (χ3n) is 4.57. The third-order valence-corrected chi connectivity index (χ3v) is 4.57. The summed E-state index contributed by atoms with van der Waals surface area (Å²) in [7, 11) is 0. The summed E-state index contributed by atoms with van der Waals surface area (Å²) in [6.45, 7) is 6.04. The minimum absolute atomic E-state index is 0.0508. The Balaban J connectivity index is 1.76. The molecule has 1 atom stereocenters. The number of benzene rings is 1. The molecule has 0 saturated carbocycles. The molecule has 1 N–H and O–H groups in total. The second-order valence-corrected chi connectivity index (χ2v) is 6.50. The molecule has 1 amide bonds. The zero-order valence-electron chi connectivity index (χ0n) is 15.3. The maximum absolute atomic E-state index is 12.3. The van der Waals surface area contributed by atoms with Gasteiger partial charge in [0.2, 0.25) is 5.91 Å². The summed E-state index contributed by atoms with van der Waals surface area (Å²) < 4.78 is 10.9. The van der Waals surface area contributed by atoms with Gasteiger partial charge in [0.05, 0.1) is 0 Å². The van der Waals surface area contributed by atoms with Crippen LogP contribution in [0.1, 0.15) is 62.7 Å². The van der Waals surface area contributed by atoms with Crippen molar-refractivity contribution < 1.29 is 19.1 Å². The monoisotopic (exact) mass is 347 g/mol. The molecule has 1 aromatic rings. The summed E-state index contributed by atoms with van der Waals surface area (Å²) in [5, 5.41) is 2.96. The zero-order valence-corrected chi connectivity index (χ0v) is 15.3. The fourth-order valence-electron chi connectivity index (χ4n) is 2.88. The fourth-order valence-corrected chi connectivity index (χ4v) is 2.88. The zero-order chi connectivity index (χ0) is 18.1. The molecular formula is C20H29NO4. The molecular weight excluding hydrogens is 318 g/mol. The number of hydrogen-bond donors (Lipinski definition) is 1. The van der Waals surface area contributed by atoms with Crippen LogP contribution in [0.2, 0.25) is 0 Å². The van der Waals surface area contributed by atoms with E-state index in [1.165, 1.54) is 12.8 Å². The predicted octanol–water partition coefficient (Wildman–Crippen LogP) is 3.75. The SMILES string of the molecule is CCCCC(CC)CNC(=O)CCC(=O)c1ccc2c(c1)OCCO2. The van der Waals surface area contributed by atoms with E-state index in [0.717, 1.165) is 12.8 Å². The van der Waals surface area contributed by atoms with Crippen LogP contribution in [0, 0.1) is 5.92 Å². The van der Waals surface area contributed by atoms with E-state index in [1.807, 2.05) is 0 Å². The van der Waals surface area contributed by atoms with Gasteiger partial charge in [-0.25, -0.2) is 0 Å². The molecule has 25 heavy (non-hydrogen) atoms. The van der Waals surface area contributed by atoms with Crippen molar-refractivity contribution in [1.82, 2.24) is 5.32 Å². The molecule has 1 aliphatic heterocycles. The van der Waals surface area contributed by atoms with E-state index >= 15 is 0 Å². The molecule has 1 aromatic carbocycles. The normalized spacial score (nSPS) is 14.0. The molecule has 1 unspecified atom stereocenters. The fraction of sp³-hybridized carbons (Fsp3) is 0.600. The number of rotatable bonds is 10. The number of nitrogens with one attached hydrogen (secondary N) is 1. The van der Waals surface area contributed by atoms with Crippen LogP contribution < -0.4 is 14.8 Å². The average molecular weight is 347 g/mol. The Morgan fingerprint density at radius 1 is 1.12 bits per heavy atom. The van der Waals surface area contributed by atoms with Crippen LogP contribution in [-0.4, -0.2) is 31.4 Å². The first-order valence-corrected chi connectivity index (χ1v) is 9.33. The lowest BCUT2D eigenvalue weighted by atomic mass is 9.99. The predicted molar refractivity (Wildman–Crippen MR) is 97.3 cm³/mol. The van der Waals surface area contributed by atoms with Gasteiger partial charge in [-0.2, -0.15) is 0 Å². The van der Waals surface area contributed by atoms with Gasteiger partial charge in [0, 0.05) is 24.9 Å². The molecule has 0 saturated heterocycles. The Bertz CT molecular complexity index is 585.